The fourth-order valence-corrected chi connectivity index (χ4v) is 3.79. The van der Waals surface area contributed by atoms with Crippen LogP contribution in [0.5, 0.6) is 0 Å². The van der Waals surface area contributed by atoms with E-state index in [0.717, 1.165) is 51.4 Å². The lowest BCUT2D eigenvalue weighted by Gasteiger charge is -2.38. The van der Waals surface area contributed by atoms with Crippen LogP contribution in [-0.4, -0.2) is 98.5 Å². The molecule has 2 fully saturated rings. The number of nitrogens with one attached hydrogen (secondary N) is 1. The van der Waals surface area contributed by atoms with Gasteiger partial charge in [-0.2, -0.15) is 0 Å². The SMILES string of the molecule is CCCNC(=O)CN1CCN(C(=O)CN2CCN(c3ccc(F)cc3)CC2)CC1. The summed E-state index contributed by atoms with van der Waals surface area (Å²) in [6.45, 7) is 9.74. The van der Waals surface area contributed by atoms with E-state index in [1.807, 2.05) is 11.8 Å². The molecule has 160 valence electrons. The van der Waals surface area contributed by atoms with Crippen molar-refractivity contribution in [3.8, 4) is 0 Å². The molecule has 0 bridgehead atoms. The van der Waals surface area contributed by atoms with E-state index in [4.69, 9.17) is 0 Å². The normalized spacial score (nSPS) is 18.7. The number of rotatable bonds is 7. The van der Waals surface area contributed by atoms with Crippen molar-refractivity contribution in [1.29, 1.82) is 0 Å². The van der Waals surface area contributed by atoms with Crippen LogP contribution in [-0.2, 0) is 9.59 Å². The third-order valence-corrected chi connectivity index (χ3v) is 5.59. The zero-order valence-corrected chi connectivity index (χ0v) is 17.3. The summed E-state index contributed by atoms with van der Waals surface area (Å²) >= 11 is 0. The first-order valence-corrected chi connectivity index (χ1v) is 10.5. The summed E-state index contributed by atoms with van der Waals surface area (Å²) in [4.78, 5) is 32.9. The largest absolute Gasteiger partial charge is 0.369 e. The lowest BCUT2D eigenvalue weighted by atomic mass is 10.2. The summed E-state index contributed by atoms with van der Waals surface area (Å²) in [5.41, 5.74) is 1.02. The molecular formula is C21H32FN5O2. The highest BCUT2D eigenvalue weighted by atomic mass is 19.1. The minimum Gasteiger partial charge on any atom is -0.369 e. The van der Waals surface area contributed by atoms with Crippen LogP contribution in [0.4, 0.5) is 10.1 Å². The molecule has 0 spiro atoms. The average Bonchev–Trinajstić information content (AvgIpc) is 2.74. The highest BCUT2D eigenvalue weighted by molar-refractivity contribution is 5.79. The molecule has 0 aromatic heterocycles. The van der Waals surface area contributed by atoms with Gasteiger partial charge in [0.15, 0.2) is 0 Å². The maximum absolute atomic E-state index is 13.1. The number of hydrogen-bond acceptors (Lipinski definition) is 5. The van der Waals surface area contributed by atoms with Gasteiger partial charge in [0.25, 0.3) is 0 Å². The summed E-state index contributed by atoms with van der Waals surface area (Å²) in [5.74, 6) is 0.000590. The first kappa shape index (κ1) is 21.5. The molecule has 2 aliphatic rings. The van der Waals surface area contributed by atoms with Gasteiger partial charge in [-0.15, -0.1) is 0 Å². The lowest BCUT2D eigenvalue weighted by molar-refractivity contribution is -0.134. The zero-order chi connectivity index (χ0) is 20.6. The van der Waals surface area contributed by atoms with Crippen LogP contribution in [0.25, 0.3) is 0 Å². The number of benzene rings is 1. The fourth-order valence-electron chi connectivity index (χ4n) is 3.79. The molecule has 2 heterocycles. The van der Waals surface area contributed by atoms with Gasteiger partial charge < -0.3 is 15.1 Å². The number of piperazine rings is 2. The molecule has 0 saturated carbocycles. The van der Waals surface area contributed by atoms with Gasteiger partial charge in [0.2, 0.25) is 11.8 Å². The third-order valence-electron chi connectivity index (χ3n) is 5.59. The Labute approximate surface area is 172 Å². The molecule has 1 aromatic rings. The predicted octanol–water partition coefficient (Wildman–Crippen LogP) is 0.618. The standard InChI is InChI=1S/C21H32FN5O2/c1-2-7-23-20(28)16-24-10-14-27(15-11-24)21(29)17-25-8-12-26(13-9-25)19-5-3-18(22)4-6-19/h3-6H,2,7-17H2,1H3,(H,23,28). The van der Waals surface area contributed by atoms with E-state index in [1.165, 1.54) is 12.1 Å². The van der Waals surface area contributed by atoms with Crippen molar-refractivity contribution >= 4 is 17.5 Å². The van der Waals surface area contributed by atoms with Crippen molar-refractivity contribution in [2.75, 3.05) is 76.9 Å². The molecule has 7 nitrogen and oxygen atoms in total. The van der Waals surface area contributed by atoms with E-state index in [2.05, 4.69) is 20.0 Å². The molecule has 2 saturated heterocycles. The van der Waals surface area contributed by atoms with Crippen LogP contribution in [0.15, 0.2) is 24.3 Å². The Morgan fingerprint density at radius 3 is 2.10 bits per heavy atom. The van der Waals surface area contributed by atoms with Crippen molar-refractivity contribution in [1.82, 2.24) is 20.0 Å². The maximum Gasteiger partial charge on any atom is 0.236 e. The van der Waals surface area contributed by atoms with Gasteiger partial charge in [0.1, 0.15) is 5.82 Å². The smallest absolute Gasteiger partial charge is 0.236 e. The Hall–Kier alpha value is -2.19. The number of carbonyl (C=O) groups excluding carboxylic acids is 2. The van der Waals surface area contributed by atoms with Gasteiger partial charge in [-0.25, -0.2) is 4.39 Å². The Kier molecular flexibility index (Phi) is 7.83. The van der Waals surface area contributed by atoms with Crippen molar-refractivity contribution in [2.24, 2.45) is 0 Å². The molecule has 0 radical (unpaired) electrons. The Bertz CT molecular complexity index is 668. The van der Waals surface area contributed by atoms with E-state index in [-0.39, 0.29) is 17.6 Å². The molecule has 1 N–H and O–H groups in total. The molecule has 2 amide bonds. The molecule has 29 heavy (non-hydrogen) atoms. The van der Waals surface area contributed by atoms with Gasteiger partial charge in [-0.05, 0) is 30.7 Å². The second kappa shape index (κ2) is 10.5. The van der Waals surface area contributed by atoms with Crippen LogP contribution in [0.2, 0.25) is 0 Å². The first-order valence-electron chi connectivity index (χ1n) is 10.5. The van der Waals surface area contributed by atoms with Crippen molar-refractivity contribution in [2.45, 2.75) is 13.3 Å². The molecule has 0 unspecified atom stereocenters. The van der Waals surface area contributed by atoms with Gasteiger partial charge in [-0.3, -0.25) is 19.4 Å². The summed E-state index contributed by atoms with van der Waals surface area (Å²) in [6.07, 6.45) is 0.937. The maximum atomic E-state index is 13.1. The van der Waals surface area contributed by atoms with Crippen LogP contribution in [0.1, 0.15) is 13.3 Å². The molecule has 8 heteroatoms. The van der Waals surface area contributed by atoms with Crippen LogP contribution in [0.3, 0.4) is 0 Å². The van der Waals surface area contributed by atoms with Crippen LogP contribution < -0.4 is 10.2 Å². The van der Waals surface area contributed by atoms with Gasteiger partial charge >= 0.3 is 0 Å². The Balaban J connectivity index is 1.36. The summed E-state index contributed by atoms with van der Waals surface area (Å²) in [7, 11) is 0. The summed E-state index contributed by atoms with van der Waals surface area (Å²) in [6, 6.07) is 6.58. The molecular weight excluding hydrogens is 373 g/mol. The first-order chi connectivity index (χ1) is 14.0. The summed E-state index contributed by atoms with van der Waals surface area (Å²) < 4.78 is 13.1. The van der Waals surface area contributed by atoms with E-state index >= 15 is 0 Å². The fraction of sp³-hybridized carbons (Fsp3) is 0.619. The highest BCUT2D eigenvalue weighted by Gasteiger charge is 2.25. The number of carbonyl (C=O) groups is 2. The number of hydrogen-bond donors (Lipinski definition) is 1. The minimum atomic E-state index is -0.223. The van der Waals surface area contributed by atoms with Gasteiger partial charge in [0, 0.05) is 64.6 Å². The Morgan fingerprint density at radius 1 is 0.897 bits per heavy atom. The lowest BCUT2D eigenvalue weighted by Crippen LogP contribution is -2.54. The number of halogens is 1. The van der Waals surface area contributed by atoms with Gasteiger partial charge in [-0.1, -0.05) is 6.92 Å². The molecule has 2 aliphatic heterocycles. The molecule has 0 atom stereocenters. The van der Waals surface area contributed by atoms with E-state index in [1.54, 1.807) is 12.1 Å². The highest BCUT2D eigenvalue weighted by Crippen LogP contribution is 2.17. The molecule has 1 aromatic carbocycles. The minimum absolute atomic E-state index is 0.0608. The average molecular weight is 406 g/mol. The Morgan fingerprint density at radius 2 is 1.48 bits per heavy atom. The topological polar surface area (TPSA) is 59.1 Å². The third kappa shape index (κ3) is 6.40. The van der Waals surface area contributed by atoms with Crippen molar-refractivity contribution in [3.63, 3.8) is 0 Å². The predicted molar refractivity (Wildman–Crippen MR) is 111 cm³/mol. The quantitative estimate of drug-likeness (QED) is 0.721. The van der Waals surface area contributed by atoms with Crippen LogP contribution in [0, 0.1) is 5.82 Å². The monoisotopic (exact) mass is 405 g/mol. The number of nitrogens with zero attached hydrogens (tertiary/aromatic N) is 4. The number of amides is 2. The van der Waals surface area contributed by atoms with E-state index in [9.17, 15) is 14.0 Å². The van der Waals surface area contributed by atoms with Crippen molar-refractivity contribution in [3.05, 3.63) is 30.1 Å². The van der Waals surface area contributed by atoms with Crippen molar-refractivity contribution < 1.29 is 14.0 Å². The zero-order valence-electron chi connectivity index (χ0n) is 17.3. The van der Waals surface area contributed by atoms with Crippen LogP contribution >= 0.6 is 0 Å². The second-order valence-corrected chi connectivity index (χ2v) is 7.75. The molecule has 0 aliphatic carbocycles. The summed E-state index contributed by atoms with van der Waals surface area (Å²) in [5, 5.41) is 2.90. The van der Waals surface area contributed by atoms with E-state index in [0.29, 0.717) is 32.7 Å². The van der Waals surface area contributed by atoms with Gasteiger partial charge in [0.05, 0.1) is 13.1 Å². The van der Waals surface area contributed by atoms with E-state index < -0.39 is 0 Å². The number of anilines is 1. The molecule has 3 rings (SSSR count). The second-order valence-electron chi connectivity index (χ2n) is 7.75.